The van der Waals surface area contributed by atoms with E-state index in [9.17, 15) is 5.11 Å². The highest BCUT2D eigenvalue weighted by molar-refractivity contribution is 5.10. The smallest absolute Gasteiger partial charge is 0.0606 e. The van der Waals surface area contributed by atoms with E-state index in [1.54, 1.807) is 0 Å². The average Bonchev–Trinajstić information content (AvgIpc) is 2.26. The second-order valence-corrected chi connectivity index (χ2v) is 4.64. The molecule has 1 unspecified atom stereocenters. The third-order valence-corrected chi connectivity index (χ3v) is 4.06. The summed E-state index contributed by atoms with van der Waals surface area (Å²) in [5, 5.41) is 10.1. The Morgan fingerprint density at radius 3 is 2.45 bits per heavy atom. The Bertz CT molecular complexity index is 277. The minimum atomic E-state index is -1.94. The van der Waals surface area contributed by atoms with E-state index in [1.807, 2.05) is 20.8 Å². The van der Waals surface area contributed by atoms with Gasteiger partial charge in [0.15, 0.2) is 0 Å². The third-order valence-electron chi connectivity index (χ3n) is 4.06. The van der Waals surface area contributed by atoms with E-state index < -0.39 is 17.9 Å². The van der Waals surface area contributed by atoms with Gasteiger partial charge in [-0.1, -0.05) is 20.8 Å². The second kappa shape index (κ2) is 1.82. The summed E-state index contributed by atoms with van der Waals surface area (Å²) < 4.78 is 23.7. The molecular formula is C10H18O. The first-order valence-electron chi connectivity index (χ1n) is 5.81. The molecule has 1 heteroatoms. The molecule has 0 aromatic carbocycles. The minimum Gasteiger partial charge on any atom is -0.393 e. The van der Waals surface area contributed by atoms with Gasteiger partial charge in [-0.3, -0.25) is 0 Å². The molecule has 1 nitrogen and oxygen atoms in total. The summed E-state index contributed by atoms with van der Waals surface area (Å²) in [5.41, 5.74) is -0.902. The normalized spacial score (nSPS) is 68.7. The third kappa shape index (κ3) is 0.658. The molecule has 0 amide bonds. The van der Waals surface area contributed by atoms with Crippen LogP contribution in [0.2, 0.25) is 0 Å². The Morgan fingerprint density at radius 1 is 1.55 bits per heavy atom. The highest BCUT2D eigenvalue weighted by Gasteiger charge is 2.60. The first-order chi connectivity index (χ1) is 6.09. The SMILES string of the molecule is [2H]C1([2H])C2CC[C@@](C)(C2(C)C)[C@@]1([2H])O. The van der Waals surface area contributed by atoms with Gasteiger partial charge in [0.1, 0.15) is 0 Å². The van der Waals surface area contributed by atoms with Crippen molar-refractivity contribution in [3.8, 4) is 0 Å². The lowest BCUT2D eigenvalue weighted by Crippen LogP contribution is -2.35. The monoisotopic (exact) mass is 157 g/mol. The van der Waals surface area contributed by atoms with Crippen LogP contribution in [0.5, 0.6) is 0 Å². The molecule has 2 aliphatic rings. The fourth-order valence-electron chi connectivity index (χ4n) is 2.50. The molecule has 0 spiro atoms. The van der Waals surface area contributed by atoms with E-state index in [0.717, 1.165) is 12.8 Å². The fourth-order valence-corrected chi connectivity index (χ4v) is 2.50. The molecule has 0 radical (unpaired) electrons. The Hall–Kier alpha value is -0.0400. The summed E-state index contributed by atoms with van der Waals surface area (Å²) in [6, 6.07) is 0. The number of aliphatic hydroxyl groups is 1. The largest absolute Gasteiger partial charge is 0.393 e. The lowest BCUT2D eigenvalue weighted by Gasteiger charge is -2.36. The van der Waals surface area contributed by atoms with Gasteiger partial charge in [-0.15, -0.1) is 0 Å². The van der Waals surface area contributed by atoms with Crippen molar-refractivity contribution < 1.29 is 9.22 Å². The van der Waals surface area contributed by atoms with Crippen LogP contribution in [0.1, 0.15) is 44.1 Å². The minimum absolute atomic E-state index is 0.192. The Balaban J connectivity index is 2.62. The standard InChI is InChI=1S/C10H18O/c1-9(2)7-4-5-10(9,3)8(11)6-7/h7-8,11H,4-6H2,1-3H3/t7?,8-,10+/m0/s1/i6D2,8D. The van der Waals surface area contributed by atoms with Gasteiger partial charge in [0.2, 0.25) is 0 Å². The molecule has 0 heterocycles. The summed E-state index contributed by atoms with van der Waals surface area (Å²) in [6.07, 6.45) is -2.17. The van der Waals surface area contributed by atoms with Gasteiger partial charge in [-0.05, 0) is 36.0 Å². The number of hydrogen-bond acceptors (Lipinski definition) is 1. The van der Waals surface area contributed by atoms with Crippen LogP contribution in [0.15, 0.2) is 0 Å². The molecule has 0 aromatic heterocycles. The van der Waals surface area contributed by atoms with Crippen LogP contribution < -0.4 is 0 Å². The molecule has 11 heavy (non-hydrogen) atoms. The maximum Gasteiger partial charge on any atom is 0.0606 e. The maximum absolute atomic E-state index is 10.1. The van der Waals surface area contributed by atoms with Crippen molar-refractivity contribution in [2.75, 3.05) is 0 Å². The highest BCUT2D eigenvalue weighted by atomic mass is 16.3. The molecule has 2 aliphatic carbocycles. The van der Waals surface area contributed by atoms with E-state index in [4.69, 9.17) is 4.11 Å². The van der Waals surface area contributed by atoms with Crippen molar-refractivity contribution in [1.29, 1.82) is 0 Å². The van der Waals surface area contributed by atoms with Crippen LogP contribution >= 0.6 is 0 Å². The van der Waals surface area contributed by atoms with Gasteiger partial charge in [0.25, 0.3) is 0 Å². The summed E-state index contributed by atoms with van der Waals surface area (Å²) in [7, 11) is 0. The molecule has 0 aliphatic heterocycles. The quantitative estimate of drug-likeness (QED) is 0.571. The Labute approximate surface area is 73.0 Å². The van der Waals surface area contributed by atoms with Crippen LogP contribution in [-0.2, 0) is 0 Å². The molecule has 2 rings (SSSR count). The van der Waals surface area contributed by atoms with Crippen molar-refractivity contribution in [3.05, 3.63) is 0 Å². The highest BCUT2D eigenvalue weighted by Crippen LogP contribution is 2.65. The van der Waals surface area contributed by atoms with Crippen molar-refractivity contribution in [1.82, 2.24) is 0 Å². The average molecular weight is 157 g/mol. The molecule has 1 N–H and O–H groups in total. The lowest BCUT2D eigenvalue weighted by atomic mass is 9.70. The van der Waals surface area contributed by atoms with Crippen molar-refractivity contribution in [2.24, 2.45) is 16.7 Å². The zero-order chi connectivity index (χ0) is 11.0. The molecular weight excluding hydrogens is 136 g/mol. The summed E-state index contributed by atoms with van der Waals surface area (Å²) in [5.74, 6) is -0.192. The van der Waals surface area contributed by atoms with Gasteiger partial charge in [-0.2, -0.15) is 0 Å². The first kappa shape index (κ1) is 4.86. The number of hydrogen-bond donors (Lipinski definition) is 1. The number of fused-ring (bicyclic) bond motifs is 2. The molecule has 0 aromatic rings. The molecule has 64 valence electrons. The topological polar surface area (TPSA) is 20.2 Å². The van der Waals surface area contributed by atoms with Crippen LogP contribution in [0.4, 0.5) is 0 Å². The van der Waals surface area contributed by atoms with Crippen LogP contribution in [0.25, 0.3) is 0 Å². The van der Waals surface area contributed by atoms with E-state index in [1.165, 1.54) is 0 Å². The molecule has 0 saturated heterocycles. The molecule has 3 atom stereocenters. The predicted molar refractivity (Wildman–Crippen MR) is 45.2 cm³/mol. The summed E-state index contributed by atoms with van der Waals surface area (Å²) >= 11 is 0. The van der Waals surface area contributed by atoms with Crippen molar-refractivity contribution in [2.45, 2.75) is 46.1 Å². The van der Waals surface area contributed by atoms with Crippen molar-refractivity contribution >= 4 is 0 Å². The Morgan fingerprint density at radius 2 is 2.18 bits per heavy atom. The zero-order valence-electron chi connectivity index (χ0n) is 10.4. The van der Waals surface area contributed by atoms with Gasteiger partial charge < -0.3 is 5.11 Å². The van der Waals surface area contributed by atoms with Crippen LogP contribution in [0.3, 0.4) is 0 Å². The molecule has 2 fully saturated rings. The summed E-state index contributed by atoms with van der Waals surface area (Å²) in [4.78, 5) is 0. The van der Waals surface area contributed by atoms with E-state index in [0.29, 0.717) is 0 Å². The van der Waals surface area contributed by atoms with E-state index in [2.05, 4.69) is 0 Å². The van der Waals surface area contributed by atoms with Gasteiger partial charge in [0, 0.05) is 2.74 Å². The molecule has 2 bridgehead atoms. The zero-order valence-corrected chi connectivity index (χ0v) is 7.44. The maximum atomic E-state index is 10.1. The number of rotatable bonds is 0. The predicted octanol–water partition coefficient (Wildman–Crippen LogP) is 2.19. The fraction of sp³-hybridized carbons (Fsp3) is 1.00. The summed E-state index contributed by atoms with van der Waals surface area (Å²) in [6.45, 7) is 5.81. The van der Waals surface area contributed by atoms with Gasteiger partial charge >= 0.3 is 0 Å². The van der Waals surface area contributed by atoms with Crippen LogP contribution in [0, 0.1) is 16.7 Å². The van der Waals surface area contributed by atoms with E-state index >= 15 is 0 Å². The van der Waals surface area contributed by atoms with Crippen LogP contribution in [-0.4, -0.2) is 11.2 Å². The first-order valence-corrected chi connectivity index (χ1v) is 4.31. The molecule has 2 saturated carbocycles. The van der Waals surface area contributed by atoms with Crippen molar-refractivity contribution in [3.63, 3.8) is 0 Å². The Kier molecular flexibility index (Phi) is 0.804. The van der Waals surface area contributed by atoms with Gasteiger partial charge in [-0.25, -0.2) is 0 Å². The second-order valence-electron chi connectivity index (χ2n) is 4.64. The van der Waals surface area contributed by atoms with E-state index in [-0.39, 0.29) is 11.3 Å². The lowest BCUT2D eigenvalue weighted by molar-refractivity contribution is 0.0126. The van der Waals surface area contributed by atoms with Gasteiger partial charge in [0.05, 0.1) is 7.45 Å².